The normalized spacial score (nSPS) is 27.9. The fourth-order valence-corrected chi connectivity index (χ4v) is 3.36. The first kappa shape index (κ1) is 14.5. The van der Waals surface area contributed by atoms with Gasteiger partial charge in [-0.3, -0.25) is 9.69 Å². The molecule has 0 radical (unpaired) electrons. The number of nitrogens with zero attached hydrogens (tertiary/aromatic N) is 2. The maximum atomic E-state index is 13.4. The lowest BCUT2D eigenvalue weighted by Gasteiger charge is -2.41. The maximum Gasteiger partial charge on any atom is 0.244 e. The summed E-state index contributed by atoms with van der Waals surface area (Å²) in [6.45, 7) is 2.05. The number of aliphatic hydroxyl groups is 1. The van der Waals surface area contributed by atoms with Gasteiger partial charge < -0.3 is 10.0 Å². The number of amides is 1. The van der Waals surface area contributed by atoms with Crippen molar-refractivity contribution in [1.82, 2.24) is 4.90 Å². The van der Waals surface area contributed by atoms with Crippen LogP contribution in [0.5, 0.6) is 0 Å². The van der Waals surface area contributed by atoms with Crippen molar-refractivity contribution in [2.45, 2.75) is 37.8 Å². The standard InChI is InChI=1S/C16H21FN2O2/c17-12-4-1-5-13(10-12)19-9-3-7-15(16(19)21)18-8-2-6-14(20)11-18/h1,4-5,10,14-15,20H,2-3,6-9,11H2/t14-,15-/m1/s1. The number of piperidine rings is 2. The van der Waals surface area contributed by atoms with E-state index in [-0.39, 0.29) is 23.9 Å². The molecule has 0 aromatic heterocycles. The summed E-state index contributed by atoms with van der Waals surface area (Å²) >= 11 is 0. The summed E-state index contributed by atoms with van der Waals surface area (Å²) in [5.41, 5.74) is 0.627. The molecule has 1 N–H and O–H groups in total. The fourth-order valence-electron chi connectivity index (χ4n) is 3.36. The van der Waals surface area contributed by atoms with E-state index in [9.17, 15) is 14.3 Å². The minimum Gasteiger partial charge on any atom is -0.392 e. The average Bonchev–Trinajstić information content (AvgIpc) is 2.47. The lowest BCUT2D eigenvalue weighted by Crippen LogP contribution is -2.55. The summed E-state index contributed by atoms with van der Waals surface area (Å²) in [4.78, 5) is 16.5. The van der Waals surface area contributed by atoms with Gasteiger partial charge in [-0.1, -0.05) is 6.07 Å². The molecule has 5 heteroatoms. The molecule has 0 bridgehead atoms. The van der Waals surface area contributed by atoms with Crippen LogP contribution >= 0.6 is 0 Å². The average molecular weight is 292 g/mol. The molecule has 0 aliphatic carbocycles. The Hall–Kier alpha value is -1.46. The van der Waals surface area contributed by atoms with E-state index in [0.29, 0.717) is 18.8 Å². The Bertz CT molecular complexity index is 523. The smallest absolute Gasteiger partial charge is 0.244 e. The van der Waals surface area contributed by atoms with E-state index < -0.39 is 0 Å². The van der Waals surface area contributed by atoms with Crippen molar-refractivity contribution in [1.29, 1.82) is 0 Å². The van der Waals surface area contributed by atoms with Gasteiger partial charge in [-0.25, -0.2) is 4.39 Å². The lowest BCUT2D eigenvalue weighted by molar-refractivity contribution is -0.126. The summed E-state index contributed by atoms with van der Waals surface area (Å²) in [5.74, 6) is -0.295. The van der Waals surface area contributed by atoms with E-state index in [4.69, 9.17) is 0 Å². The Balaban J connectivity index is 1.77. The number of β-amino-alcohol motifs (C(OH)–C–C–N with tert-alkyl or cyclic N) is 1. The Kier molecular flexibility index (Phi) is 4.22. The summed E-state index contributed by atoms with van der Waals surface area (Å²) in [5, 5.41) is 9.80. The Morgan fingerprint density at radius 1 is 1.19 bits per heavy atom. The molecule has 0 unspecified atom stereocenters. The van der Waals surface area contributed by atoms with Gasteiger partial charge in [-0.05, 0) is 50.4 Å². The van der Waals surface area contributed by atoms with Gasteiger partial charge in [0.05, 0.1) is 12.1 Å². The van der Waals surface area contributed by atoms with Crippen LogP contribution in [-0.2, 0) is 4.79 Å². The van der Waals surface area contributed by atoms with E-state index in [1.807, 2.05) is 0 Å². The molecular formula is C16H21FN2O2. The Labute approximate surface area is 124 Å². The van der Waals surface area contributed by atoms with Gasteiger partial charge in [0.1, 0.15) is 5.82 Å². The molecule has 2 saturated heterocycles. The van der Waals surface area contributed by atoms with Crippen LogP contribution in [0.4, 0.5) is 10.1 Å². The number of rotatable bonds is 2. The van der Waals surface area contributed by atoms with Crippen LogP contribution in [0.25, 0.3) is 0 Å². The van der Waals surface area contributed by atoms with Crippen molar-refractivity contribution >= 4 is 11.6 Å². The zero-order valence-electron chi connectivity index (χ0n) is 12.0. The zero-order chi connectivity index (χ0) is 14.8. The second-order valence-electron chi connectivity index (χ2n) is 5.92. The van der Waals surface area contributed by atoms with Crippen LogP contribution in [0, 0.1) is 5.82 Å². The summed E-state index contributed by atoms with van der Waals surface area (Å²) in [7, 11) is 0. The topological polar surface area (TPSA) is 43.8 Å². The maximum absolute atomic E-state index is 13.4. The van der Waals surface area contributed by atoms with E-state index in [2.05, 4.69) is 4.90 Å². The Morgan fingerprint density at radius 3 is 2.76 bits per heavy atom. The summed E-state index contributed by atoms with van der Waals surface area (Å²) in [6, 6.07) is 6.01. The molecule has 1 amide bonds. The van der Waals surface area contributed by atoms with Crippen molar-refractivity contribution in [2.24, 2.45) is 0 Å². The van der Waals surface area contributed by atoms with Crippen molar-refractivity contribution < 1.29 is 14.3 Å². The van der Waals surface area contributed by atoms with E-state index >= 15 is 0 Å². The fraction of sp³-hybridized carbons (Fsp3) is 0.562. The first-order valence-electron chi connectivity index (χ1n) is 7.64. The predicted molar refractivity (Wildman–Crippen MR) is 78.6 cm³/mol. The molecular weight excluding hydrogens is 271 g/mol. The highest BCUT2D eigenvalue weighted by Gasteiger charge is 2.35. The number of benzene rings is 1. The van der Waals surface area contributed by atoms with Crippen molar-refractivity contribution in [3.8, 4) is 0 Å². The van der Waals surface area contributed by atoms with Crippen molar-refractivity contribution in [3.05, 3.63) is 30.1 Å². The van der Waals surface area contributed by atoms with Gasteiger partial charge in [0.2, 0.25) is 5.91 Å². The number of hydrogen-bond donors (Lipinski definition) is 1. The molecule has 0 spiro atoms. The molecule has 4 nitrogen and oxygen atoms in total. The molecule has 0 saturated carbocycles. The third kappa shape index (κ3) is 3.09. The van der Waals surface area contributed by atoms with E-state index in [1.165, 1.54) is 12.1 Å². The number of likely N-dealkylation sites (tertiary alicyclic amines) is 1. The van der Waals surface area contributed by atoms with E-state index in [0.717, 1.165) is 32.2 Å². The van der Waals surface area contributed by atoms with Gasteiger partial charge in [0.25, 0.3) is 0 Å². The number of hydrogen-bond acceptors (Lipinski definition) is 3. The minimum atomic E-state index is -0.337. The SMILES string of the molecule is O=C1[C@H](N2CCC[C@@H](O)C2)CCCN1c1cccc(F)c1. The first-order chi connectivity index (χ1) is 10.1. The highest BCUT2D eigenvalue weighted by atomic mass is 19.1. The molecule has 2 aliphatic rings. The van der Waals surface area contributed by atoms with Crippen LogP contribution in [0.3, 0.4) is 0 Å². The van der Waals surface area contributed by atoms with Gasteiger partial charge in [0.15, 0.2) is 0 Å². The van der Waals surface area contributed by atoms with Crippen LogP contribution < -0.4 is 4.90 Å². The van der Waals surface area contributed by atoms with Crippen LogP contribution in [0.1, 0.15) is 25.7 Å². The molecule has 1 aromatic carbocycles. The molecule has 2 heterocycles. The molecule has 2 aliphatic heterocycles. The van der Waals surface area contributed by atoms with Gasteiger partial charge in [0, 0.05) is 18.8 Å². The zero-order valence-corrected chi connectivity index (χ0v) is 12.0. The van der Waals surface area contributed by atoms with Crippen LogP contribution in [0.2, 0.25) is 0 Å². The third-order valence-electron chi connectivity index (χ3n) is 4.40. The number of carbonyl (C=O) groups excluding carboxylic acids is 1. The summed E-state index contributed by atoms with van der Waals surface area (Å²) in [6.07, 6.45) is 3.11. The third-order valence-corrected chi connectivity index (χ3v) is 4.40. The molecule has 2 atom stereocenters. The minimum absolute atomic E-state index is 0.0287. The second-order valence-corrected chi connectivity index (χ2v) is 5.92. The van der Waals surface area contributed by atoms with Crippen molar-refractivity contribution in [3.63, 3.8) is 0 Å². The molecule has 2 fully saturated rings. The molecule has 21 heavy (non-hydrogen) atoms. The van der Waals surface area contributed by atoms with Crippen LogP contribution in [-0.4, -0.2) is 47.7 Å². The van der Waals surface area contributed by atoms with Gasteiger partial charge in [-0.15, -0.1) is 0 Å². The number of aliphatic hydroxyl groups excluding tert-OH is 1. The highest BCUT2D eigenvalue weighted by molar-refractivity contribution is 5.97. The highest BCUT2D eigenvalue weighted by Crippen LogP contribution is 2.26. The summed E-state index contributed by atoms with van der Waals surface area (Å²) < 4.78 is 13.4. The molecule has 114 valence electrons. The largest absolute Gasteiger partial charge is 0.392 e. The van der Waals surface area contributed by atoms with Gasteiger partial charge in [-0.2, -0.15) is 0 Å². The van der Waals surface area contributed by atoms with Crippen molar-refractivity contribution in [2.75, 3.05) is 24.5 Å². The second kappa shape index (κ2) is 6.12. The number of anilines is 1. The quantitative estimate of drug-likeness (QED) is 0.903. The van der Waals surface area contributed by atoms with E-state index in [1.54, 1.807) is 17.0 Å². The number of carbonyl (C=O) groups is 1. The van der Waals surface area contributed by atoms with Crippen LogP contribution in [0.15, 0.2) is 24.3 Å². The van der Waals surface area contributed by atoms with Gasteiger partial charge >= 0.3 is 0 Å². The number of halogens is 1. The molecule has 1 aromatic rings. The molecule has 3 rings (SSSR count). The lowest BCUT2D eigenvalue weighted by atomic mass is 9.98. The Morgan fingerprint density at radius 2 is 2.00 bits per heavy atom. The predicted octanol–water partition coefficient (Wildman–Crippen LogP) is 1.78. The first-order valence-corrected chi connectivity index (χ1v) is 7.64. The monoisotopic (exact) mass is 292 g/mol.